The average molecular weight is 236 g/mol. The Morgan fingerprint density at radius 3 is 2.94 bits per heavy atom. The molecule has 0 unspecified atom stereocenters. The SMILES string of the molecule is Cc1nn(C)c2c1[nH]c(=S)n2CCC1CC1. The van der Waals surface area contributed by atoms with Crippen molar-refractivity contribution in [2.24, 2.45) is 13.0 Å². The van der Waals surface area contributed by atoms with Crippen LogP contribution in [0.1, 0.15) is 25.0 Å². The molecule has 3 rings (SSSR count). The first-order valence-electron chi connectivity index (χ1n) is 5.79. The summed E-state index contributed by atoms with van der Waals surface area (Å²) < 4.78 is 4.93. The highest BCUT2D eigenvalue weighted by Crippen LogP contribution is 2.33. The minimum atomic E-state index is 0.826. The van der Waals surface area contributed by atoms with Gasteiger partial charge in [0.25, 0.3) is 0 Å². The topological polar surface area (TPSA) is 38.5 Å². The number of hydrogen-bond acceptors (Lipinski definition) is 2. The first kappa shape index (κ1) is 10.1. The second-order valence-electron chi connectivity index (χ2n) is 4.72. The fraction of sp³-hybridized carbons (Fsp3) is 0.636. The van der Waals surface area contributed by atoms with E-state index in [4.69, 9.17) is 12.2 Å². The lowest BCUT2D eigenvalue weighted by Gasteiger charge is -2.03. The second kappa shape index (κ2) is 3.45. The third-order valence-corrected chi connectivity index (χ3v) is 3.71. The summed E-state index contributed by atoms with van der Waals surface area (Å²) in [6, 6.07) is 0. The van der Waals surface area contributed by atoms with Crippen molar-refractivity contribution in [3.8, 4) is 0 Å². The fourth-order valence-electron chi connectivity index (χ4n) is 2.30. The summed E-state index contributed by atoms with van der Waals surface area (Å²) in [5, 5.41) is 4.41. The number of rotatable bonds is 3. The Labute approximate surface area is 99.3 Å². The maximum Gasteiger partial charge on any atom is 0.179 e. The van der Waals surface area contributed by atoms with Gasteiger partial charge < -0.3 is 9.55 Å². The van der Waals surface area contributed by atoms with Crippen molar-refractivity contribution < 1.29 is 0 Å². The van der Waals surface area contributed by atoms with Crippen LogP contribution in [-0.2, 0) is 13.6 Å². The Bertz CT molecular complexity index is 585. The van der Waals surface area contributed by atoms with Gasteiger partial charge in [0.1, 0.15) is 5.52 Å². The molecule has 5 heteroatoms. The van der Waals surface area contributed by atoms with Crippen LogP contribution in [0.4, 0.5) is 0 Å². The number of aromatic nitrogens is 4. The lowest BCUT2D eigenvalue weighted by molar-refractivity contribution is 0.588. The molecule has 1 saturated carbocycles. The number of fused-ring (bicyclic) bond motifs is 1. The Balaban J connectivity index is 2.06. The molecule has 86 valence electrons. The van der Waals surface area contributed by atoms with E-state index in [0.717, 1.165) is 34.1 Å². The number of nitrogens with zero attached hydrogens (tertiary/aromatic N) is 3. The minimum Gasteiger partial charge on any atom is -0.328 e. The van der Waals surface area contributed by atoms with E-state index in [1.54, 1.807) is 0 Å². The number of H-pyrrole nitrogens is 1. The Morgan fingerprint density at radius 2 is 2.25 bits per heavy atom. The number of aromatic amines is 1. The number of hydrogen-bond donors (Lipinski definition) is 1. The second-order valence-corrected chi connectivity index (χ2v) is 5.11. The summed E-state index contributed by atoms with van der Waals surface area (Å²) >= 11 is 5.36. The highest BCUT2D eigenvalue weighted by Gasteiger charge is 2.22. The molecule has 2 aromatic rings. The van der Waals surface area contributed by atoms with Gasteiger partial charge >= 0.3 is 0 Å². The normalized spacial score (nSPS) is 16.1. The summed E-state index contributed by atoms with van der Waals surface area (Å²) in [7, 11) is 1.98. The van der Waals surface area contributed by atoms with Gasteiger partial charge in [-0.05, 0) is 31.5 Å². The molecule has 1 fully saturated rings. The molecular formula is C11H16N4S. The quantitative estimate of drug-likeness (QED) is 0.832. The fourth-order valence-corrected chi connectivity index (χ4v) is 2.58. The van der Waals surface area contributed by atoms with Gasteiger partial charge in [-0.3, -0.25) is 4.68 Å². The van der Waals surface area contributed by atoms with Crippen molar-refractivity contribution in [3.63, 3.8) is 0 Å². The molecule has 0 bridgehead atoms. The van der Waals surface area contributed by atoms with Crippen LogP contribution in [-0.4, -0.2) is 19.3 Å². The Hall–Kier alpha value is -1.10. The smallest absolute Gasteiger partial charge is 0.179 e. The molecule has 2 aromatic heterocycles. The van der Waals surface area contributed by atoms with Crippen molar-refractivity contribution in [2.45, 2.75) is 32.7 Å². The van der Waals surface area contributed by atoms with Gasteiger partial charge in [0.05, 0.1) is 5.69 Å². The predicted molar refractivity (Wildman–Crippen MR) is 66.0 cm³/mol. The molecule has 2 heterocycles. The van der Waals surface area contributed by atoms with Crippen LogP contribution in [0, 0.1) is 17.6 Å². The first-order chi connectivity index (χ1) is 7.66. The number of aryl methyl sites for hydroxylation is 3. The average Bonchev–Trinajstić information content (AvgIpc) is 2.93. The Morgan fingerprint density at radius 1 is 1.50 bits per heavy atom. The molecular weight excluding hydrogens is 220 g/mol. The van der Waals surface area contributed by atoms with Gasteiger partial charge in [-0.2, -0.15) is 5.10 Å². The van der Waals surface area contributed by atoms with Crippen LogP contribution in [0.25, 0.3) is 11.2 Å². The Kier molecular flexibility index (Phi) is 2.17. The van der Waals surface area contributed by atoms with Crippen LogP contribution in [0.3, 0.4) is 0 Å². The van der Waals surface area contributed by atoms with E-state index in [1.807, 2.05) is 18.7 Å². The standard InChI is InChI=1S/C11H16N4S/c1-7-9-10(14(2)13-7)15(11(16)12-9)6-5-8-3-4-8/h8H,3-6H2,1-2H3,(H,12,16). The van der Waals surface area contributed by atoms with Crippen LogP contribution >= 0.6 is 12.2 Å². The van der Waals surface area contributed by atoms with Gasteiger partial charge in [-0.25, -0.2) is 0 Å². The maximum atomic E-state index is 5.36. The molecule has 1 aliphatic carbocycles. The third kappa shape index (κ3) is 1.50. The van der Waals surface area contributed by atoms with Gasteiger partial charge in [0.15, 0.2) is 10.4 Å². The molecule has 0 radical (unpaired) electrons. The highest BCUT2D eigenvalue weighted by molar-refractivity contribution is 7.71. The number of imidazole rings is 1. The summed E-state index contributed by atoms with van der Waals surface area (Å²) in [6.45, 7) is 3.03. The van der Waals surface area contributed by atoms with E-state index >= 15 is 0 Å². The summed E-state index contributed by atoms with van der Waals surface area (Å²) in [5.41, 5.74) is 3.24. The van der Waals surface area contributed by atoms with Crippen molar-refractivity contribution in [3.05, 3.63) is 10.5 Å². The molecule has 0 aliphatic heterocycles. The highest BCUT2D eigenvalue weighted by atomic mass is 32.1. The third-order valence-electron chi connectivity index (χ3n) is 3.38. The maximum absolute atomic E-state index is 5.36. The van der Waals surface area contributed by atoms with Crippen LogP contribution in [0.5, 0.6) is 0 Å². The van der Waals surface area contributed by atoms with Gasteiger partial charge in [-0.15, -0.1) is 0 Å². The van der Waals surface area contributed by atoms with E-state index in [2.05, 4.69) is 14.6 Å². The molecule has 0 spiro atoms. The zero-order valence-electron chi connectivity index (χ0n) is 9.66. The van der Waals surface area contributed by atoms with Crippen LogP contribution in [0.15, 0.2) is 0 Å². The summed E-state index contributed by atoms with van der Waals surface area (Å²) in [5.74, 6) is 0.932. The van der Waals surface area contributed by atoms with E-state index in [9.17, 15) is 0 Å². The van der Waals surface area contributed by atoms with Crippen molar-refractivity contribution in [1.29, 1.82) is 0 Å². The molecule has 0 amide bonds. The zero-order chi connectivity index (χ0) is 11.3. The van der Waals surface area contributed by atoms with Crippen LogP contribution < -0.4 is 0 Å². The molecule has 4 nitrogen and oxygen atoms in total. The molecule has 0 aromatic carbocycles. The van der Waals surface area contributed by atoms with Crippen LogP contribution in [0.2, 0.25) is 0 Å². The van der Waals surface area contributed by atoms with Crippen molar-refractivity contribution in [1.82, 2.24) is 19.3 Å². The molecule has 0 saturated heterocycles. The first-order valence-corrected chi connectivity index (χ1v) is 6.19. The van der Waals surface area contributed by atoms with E-state index < -0.39 is 0 Å². The van der Waals surface area contributed by atoms with Crippen molar-refractivity contribution in [2.75, 3.05) is 0 Å². The van der Waals surface area contributed by atoms with Crippen molar-refractivity contribution >= 4 is 23.4 Å². The zero-order valence-corrected chi connectivity index (χ0v) is 10.5. The lowest BCUT2D eigenvalue weighted by Crippen LogP contribution is -2.03. The lowest BCUT2D eigenvalue weighted by atomic mass is 10.3. The summed E-state index contributed by atoms with van der Waals surface area (Å²) in [4.78, 5) is 3.25. The molecule has 0 atom stereocenters. The van der Waals surface area contributed by atoms with Gasteiger partial charge in [-0.1, -0.05) is 12.8 Å². The van der Waals surface area contributed by atoms with E-state index in [-0.39, 0.29) is 0 Å². The van der Waals surface area contributed by atoms with E-state index in [0.29, 0.717) is 0 Å². The summed E-state index contributed by atoms with van der Waals surface area (Å²) in [6.07, 6.45) is 4.03. The largest absolute Gasteiger partial charge is 0.328 e. The van der Waals surface area contributed by atoms with Gasteiger partial charge in [0, 0.05) is 13.6 Å². The van der Waals surface area contributed by atoms with E-state index in [1.165, 1.54) is 19.3 Å². The van der Waals surface area contributed by atoms with Gasteiger partial charge in [0.2, 0.25) is 0 Å². The minimum absolute atomic E-state index is 0.826. The molecule has 1 N–H and O–H groups in total. The monoisotopic (exact) mass is 236 g/mol. The molecule has 16 heavy (non-hydrogen) atoms. The predicted octanol–water partition coefficient (Wildman–Crippen LogP) is 2.54. The molecule has 1 aliphatic rings. The number of nitrogens with one attached hydrogen (secondary N) is 1.